The van der Waals surface area contributed by atoms with Gasteiger partial charge in [-0.3, -0.25) is 4.79 Å². The summed E-state index contributed by atoms with van der Waals surface area (Å²) in [5, 5.41) is 0.213. The van der Waals surface area contributed by atoms with E-state index in [-0.39, 0.29) is 16.6 Å². The first kappa shape index (κ1) is 19.6. The number of carbonyl (C=O) groups excluding carboxylic acids is 1. The number of carbonyl (C=O) groups is 1. The largest absolute Gasteiger partial charge is 0.410 e. The van der Waals surface area contributed by atoms with Crippen LogP contribution < -0.4 is 0 Å². The van der Waals surface area contributed by atoms with E-state index in [1.165, 1.54) is 0 Å². The van der Waals surface area contributed by atoms with Gasteiger partial charge in [0.05, 0.1) is 6.10 Å². The van der Waals surface area contributed by atoms with Gasteiger partial charge < -0.3 is 4.43 Å². The molecule has 1 rings (SSSR count). The molecule has 0 N–H and O–H groups in total. The van der Waals surface area contributed by atoms with Crippen molar-refractivity contribution in [2.75, 3.05) is 0 Å². The number of hydrogen-bond donors (Lipinski definition) is 0. The molecule has 1 aliphatic carbocycles. The van der Waals surface area contributed by atoms with Crippen molar-refractivity contribution in [1.29, 1.82) is 0 Å². The number of hydrogen-bond acceptors (Lipinski definition) is 2. The molecule has 0 radical (unpaired) electrons. The highest BCUT2D eigenvalue weighted by Gasteiger charge is 2.41. The normalized spacial score (nSPS) is 23.1. The topological polar surface area (TPSA) is 26.3 Å². The molecular weight excluding hydrogens is 288 g/mol. The van der Waals surface area contributed by atoms with Crippen LogP contribution in [0.25, 0.3) is 0 Å². The van der Waals surface area contributed by atoms with Gasteiger partial charge in [-0.2, -0.15) is 0 Å². The summed E-state index contributed by atoms with van der Waals surface area (Å²) in [5.74, 6) is 0.827. The lowest BCUT2D eigenvalue weighted by atomic mass is 9.85. The van der Waals surface area contributed by atoms with Crippen molar-refractivity contribution in [3.05, 3.63) is 12.2 Å². The fourth-order valence-corrected chi connectivity index (χ4v) is 3.90. The molecule has 0 heterocycles. The van der Waals surface area contributed by atoms with Crippen molar-refractivity contribution in [2.24, 2.45) is 11.3 Å². The third-order valence-corrected chi connectivity index (χ3v) is 9.62. The molecule has 0 aromatic rings. The van der Waals surface area contributed by atoms with Crippen LogP contribution in [-0.4, -0.2) is 20.2 Å². The second-order valence-corrected chi connectivity index (χ2v) is 14.2. The van der Waals surface area contributed by atoms with Crippen LogP contribution in [-0.2, 0) is 9.22 Å². The fraction of sp³-hybridized carbons (Fsp3) is 0.842. The molecule has 0 aromatic carbocycles. The van der Waals surface area contributed by atoms with Crippen LogP contribution in [0.1, 0.15) is 67.2 Å². The number of Topliss-reactive ketones (excluding diaryl/α,β-unsaturated/α-hetero) is 1. The minimum Gasteiger partial charge on any atom is -0.410 e. The molecule has 2 nitrogen and oxygen atoms in total. The van der Waals surface area contributed by atoms with Crippen LogP contribution in [0.15, 0.2) is 12.2 Å². The van der Waals surface area contributed by atoms with Gasteiger partial charge in [0.15, 0.2) is 8.32 Å². The molecule has 0 amide bonds. The Bertz CT molecular complexity index is 410. The van der Waals surface area contributed by atoms with Crippen molar-refractivity contribution >= 4 is 14.1 Å². The van der Waals surface area contributed by atoms with Gasteiger partial charge in [-0.15, -0.1) is 0 Å². The summed E-state index contributed by atoms with van der Waals surface area (Å²) >= 11 is 0. The summed E-state index contributed by atoms with van der Waals surface area (Å²) in [7, 11) is -1.80. The molecule has 1 aliphatic rings. The maximum Gasteiger partial charge on any atom is 0.192 e. The third kappa shape index (κ3) is 5.66. The highest BCUT2D eigenvalue weighted by Crippen LogP contribution is 2.40. The van der Waals surface area contributed by atoms with Gasteiger partial charge in [0.25, 0.3) is 0 Å². The summed E-state index contributed by atoms with van der Waals surface area (Å²) in [4.78, 5) is 11.6. The molecule has 1 fully saturated rings. The summed E-state index contributed by atoms with van der Waals surface area (Å²) < 4.78 is 6.65. The van der Waals surface area contributed by atoms with Crippen molar-refractivity contribution in [2.45, 2.75) is 91.5 Å². The maximum atomic E-state index is 11.6. The molecule has 2 unspecified atom stereocenters. The van der Waals surface area contributed by atoms with Crippen LogP contribution in [0.4, 0.5) is 0 Å². The van der Waals surface area contributed by atoms with Gasteiger partial charge in [0.1, 0.15) is 5.78 Å². The Balaban J connectivity index is 2.84. The van der Waals surface area contributed by atoms with Crippen molar-refractivity contribution in [1.82, 2.24) is 0 Å². The molecule has 22 heavy (non-hydrogen) atoms. The van der Waals surface area contributed by atoms with E-state index in [1.807, 2.05) is 0 Å². The Hall–Kier alpha value is -0.413. The molecule has 128 valence electrons. The number of rotatable bonds is 4. The van der Waals surface area contributed by atoms with Crippen LogP contribution in [0.5, 0.6) is 0 Å². The van der Waals surface area contributed by atoms with E-state index in [9.17, 15) is 4.79 Å². The quantitative estimate of drug-likeness (QED) is 0.487. The molecule has 2 atom stereocenters. The van der Waals surface area contributed by atoms with Crippen molar-refractivity contribution in [3.8, 4) is 0 Å². The van der Waals surface area contributed by atoms with E-state index in [1.54, 1.807) is 0 Å². The molecule has 0 spiro atoms. The van der Waals surface area contributed by atoms with Crippen LogP contribution in [0.3, 0.4) is 0 Å². The first-order valence-corrected chi connectivity index (χ1v) is 11.6. The Morgan fingerprint density at radius 2 is 1.77 bits per heavy atom. The highest BCUT2D eigenvalue weighted by atomic mass is 28.4. The summed E-state index contributed by atoms with van der Waals surface area (Å²) in [6.45, 7) is 18.2. The van der Waals surface area contributed by atoms with Crippen LogP contribution in [0.2, 0.25) is 18.1 Å². The van der Waals surface area contributed by atoms with Gasteiger partial charge in [-0.05, 0) is 42.3 Å². The number of ketones is 1. The molecule has 0 aromatic heterocycles. The Labute approximate surface area is 138 Å². The van der Waals surface area contributed by atoms with Crippen LogP contribution in [0, 0.1) is 11.3 Å². The minimum absolute atomic E-state index is 0.0741. The fourth-order valence-electron chi connectivity index (χ4n) is 2.48. The zero-order valence-electron chi connectivity index (χ0n) is 16.0. The predicted octanol–water partition coefficient (Wildman–Crippen LogP) is 5.74. The first-order valence-electron chi connectivity index (χ1n) is 8.71. The molecule has 3 heteroatoms. The van der Waals surface area contributed by atoms with E-state index in [0.717, 1.165) is 19.3 Å². The van der Waals surface area contributed by atoms with Gasteiger partial charge in [-0.25, -0.2) is 0 Å². The lowest BCUT2D eigenvalue weighted by Gasteiger charge is -2.42. The lowest BCUT2D eigenvalue weighted by molar-refractivity contribution is -0.121. The van der Waals surface area contributed by atoms with Crippen molar-refractivity contribution in [3.63, 3.8) is 0 Å². The SMILES string of the molecule is CC(C)(C)C(/C=C/C1CCCC(=O)C1)O[Si](C)(C)C(C)(C)C. The molecule has 1 saturated carbocycles. The molecule has 0 aliphatic heterocycles. The zero-order chi connectivity index (χ0) is 17.2. The van der Waals surface area contributed by atoms with E-state index < -0.39 is 8.32 Å². The maximum absolute atomic E-state index is 11.6. The monoisotopic (exact) mass is 324 g/mol. The van der Waals surface area contributed by atoms with Gasteiger partial charge in [0, 0.05) is 12.8 Å². The summed E-state index contributed by atoms with van der Waals surface area (Å²) in [6, 6.07) is 0. The smallest absolute Gasteiger partial charge is 0.192 e. The van der Waals surface area contributed by atoms with Crippen LogP contribution >= 0.6 is 0 Å². The summed E-state index contributed by atoms with van der Waals surface area (Å²) in [6.07, 6.45) is 8.27. The second kappa shape index (κ2) is 7.00. The van der Waals surface area contributed by atoms with E-state index in [4.69, 9.17) is 4.43 Å². The minimum atomic E-state index is -1.80. The van der Waals surface area contributed by atoms with Gasteiger partial charge in [0.2, 0.25) is 0 Å². The molecule has 0 bridgehead atoms. The average Bonchev–Trinajstić information content (AvgIpc) is 2.31. The standard InChI is InChI=1S/C19H36O2Si/c1-18(2,3)17(21-22(7,8)19(4,5)6)13-12-15-10-9-11-16(20)14-15/h12-13,15,17H,9-11,14H2,1-8H3/b13-12+. The predicted molar refractivity (Wildman–Crippen MR) is 97.6 cm³/mol. The lowest BCUT2D eigenvalue weighted by Crippen LogP contribution is -2.46. The molecular formula is C19H36O2Si. The zero-order valence-corrected chi connectivity index (χ0v) is 17.0. The summed E-state index contributed by atoms with van der Waals surface area (Å²) in [5.41, 5.74) is 0.0741. The second-order valence-electron chi connectivity index (χ2n) is 9.44. The Morgan fingerprint density at radius 1 is 1.18 bits per heavy atom. The van der Waals surface area contributed by atoms with E-state index in [2.05, 4.69) is 66.8 Å². The Morgan fingerprint density at radius 3 is 2.23 bits per heavy atom. The van der Waals surface area contributed by atoms with Gasteiger partial charge >= 0.3 is 0 Å². The average molecular weight is 325 g/mol. The third-order valence-electron chi connectivity index (χ3n) is 5.16. The highest BCUT2D eigenvalue weighted by molar-refractivity contribution is 6.74. The van der Waals surface area contributed by atoms with E-state index in [0.29, 0.717) is 18.1 Å². The Kier molecular flexibility index (Phi) is 6.25. The molecule has 0 saturated heterocycles. The van der Waals surface area contributed by atoms with E-state index >= 15 is 0 Å². The number of allylic oxidation sites excluding steroid dienone is 1. The van der Waals surface area contributed by atoms with Crippen molar-refractivity contribution < 1.29 is 9.22 Å². The van der Waals surface area contributed by atoms with Gasteiger partial charge in [-0.1, -0.05) is 53.7 Å². The first-order chi connectivity index (χ1) is 9.83.